The molecule has 2 nitrogen and oxygen atoms in total. The van der Waals surface area contributed by atoms with Crippen LogP contribution in [0.2, 0.25) is 0 Å². The predicted molar refractivity (Wildman–Crippen MR) is 69.5 cm³/mol. The van der Waals surface area contributed by atoms with Gasteiger partial charge in [-0.2, -0.15) is 0 Å². The summed E-state index contributed by atoms with van der Waals surface area (Å²) in [5.41, 5.74) is 3.80. The smallest absolute Gasteiger partial charge is 0.0234 e. The van der Waals surface area contributed by atoms with E-state index in [0.29, 0.717) is 0 Å². The number of nitrogens with one attached hydrogen (secondary N) is 1. The second-order valence-corrected chi connectivity index (χ2v) is 4.50. The fraction of sp³-hybridized carbons (Fsp3) is 0.429. The second kappa shape index (κ2) is 5.28. The van der Waals surface area contributed by atoms with Gasteiger partial charge in [0.15, 0.2) is 0 Å². The maximum absolute atomic E-state index is 4.19. The minimum Gasteiger partial charge on any atom is -0.314 e. The fourth-order valence-corrected chi connectivity index (χ4v) is 2.02. The predicted octanol–water partition coefficient (Wildman–Crippen LogP) is 1.91. The van der Waals surface area contributed by atoms with Crippen LogP contribution in [-0.2, 0) is 0 Å². The van der Waals surface area contributed by atoms with Crippen LogP contribution in [0.5, 0.6) is 0 Å². The molecule has 0 radical (unpaired) electrons. The van der Waals surface area contributed by atoms with E-state index >= 15 is 0 Å². The molecule has 2 heteroatoms. The summed E-state index contributed by atoms with van der Waals surface area (Å²) < 4.78 is 0. The quantitative estimate of drug-likeness (QED) is 0.830. The van der Waals surface area contributed by atoms with Crippen molar-refractivity contribution in [1.29, 1.82) is 0 Å². The Balaban J connectivity index is 1.94. The Hall–Kier alpha value is -1.12. The highest BCUT2D eigenvalue weighted by atomic mass is 15.2. The second-order valence-electron chi connectivity index (χ2n) is 4.50. The average Bonchev–Trinajstić information content (AvgIpc) is 2.31. The van der Waals surface area contributed by atoms with Crippen LogP contribution in [-0.4, -0.2) is 37.6 Å². The highest BCUT2D eigenvalue weighted by Gasteiger charge is 2.10. The highest BCUT2D eigenvalue weighted by molar-refractivity contribution is 5.64. The van der Waals surface area contributed by atoms with Gasteiger partial charge in [0.05, 0.1) is 0 Å². The minimum absolute atomic E-state index is 0.991. The molecule has 1 saturated heterocycles. The number of nitrogens with zero attached hydrogens (tertiary/aromatic N) is 1. The van der Waals surface area contributed by atoms with Gasteiger partial charge in [0.25, 0.3) is 0 Å². The molecule has 0 atom stereocenters. The van der Waals surface area contributed by atoms with Crippen molar-refractivity contribution in [3.63, 3.8) is 0 Å². The topological polar surface area (TPSA) is 15.3 Å². The van der Waals surface area contributed by atoms with E-state index in [1.807, 2.05) is 0 Å². The van der Waals surface area contributed by atoms with E-state index in [1.165, 1.54) is 16.7 Å². The Labute approximate surface area is 98.0 Å². The van der Waals surface area contributed by atoms with Gasteiger partial charge in [-0.3, -0.25) is 4.90 Å². The van der Waals surface area contributed by atoms with Gasteiger partial charge in [0, 0.05) is 32.7 Å². The number of piperazine rings is 1. The van der Waals surface area contributed by atoms with Gasteiger partial charge in [0.2, 0.25) is 0 Å². The van der Waals surface area contributed by atoms with E-state index in [4.69, 9.17) is 0 Å². The first-order valence-electron chi connectivity index (χ1n) is 5.93. The molecule has 1 N–H and O–H groups in total. The highest BCUT2D eigenvalue weighted by Crippen LogP contribution is 2.14. The molecule has 0 unspecified atom stereocenters. The van der Waals surface area contributed by atoms with Gasteiger partial charge in [0.1, 0.15) is 0 Å². The first-order valence-corrected chi connectivity index (χ1v) is 5.93. The zero-order valence-electron chi connectivity index (χ0n) is 10.00. The van der Waals surface area contributed by atoms with Crippen LogP contribution in [0.3, 0.4) is 0 Å². The van der Waals surface area contributed by atoms with Gasteiger partial charge in [-0.05, 0) is 18.1 Å². The molecule has 0 aromatic heterocycles. The Morgan fingerprint density at radius 3 is 2.50 bits per heavy atom. The molecular formula is C14H20N2. The number of rotatable bonds is 3. The molecule has 1 aliphatic rings. The van der Waals surface area contributed by atoms with E-state index in [1.54, 1.807) is 0 Å². The lowest BCUT2D eigenvalue weighted by Gasteiger charge is -2.27. The molecule has 1 aromatic rings. The summed E-state index contributed by atoms with van der Waals surface area (Å²) >= 11 is 0. The number of aryl methyl sites for hydroxylation is 1. The summed E-state index contributed by atoms with van der Waals surface area (Å²) in [5, 5.41) is 3.36. The van der Waals surface area contributed by atoms with Crippen molar-refractivity contribution in [2.24, 2.45) is 0 Å². The van der Waals surface area contributed by atoms with E-state index in [-0.39, 0.29) is 0 Å². The SMILES string of the molecule is C=C(CN1CCNCC1)c1ccc(C)cc1. The molecule has 86 valence electrons. The van der Waals surface area contributed by atoms with Crippen LogP contribution in [0.4, 0.5) is 0 Å². The van der Waals surface area contributed by atoms with Crippen molar-refractivity contribution in [2.75, 3.05) is 32.7 Å². The molecule has 16 heavy (non-hydrogen) atoms. The summed E-state index contributed by atoms with van der Waals surface area (Å²) in [6.45, 7) is 11.7. The van der Waals surface area contributed by atoms with Gasteiger partial charge >= 0.3 is 0 Å². The largest absolute Gasteiger partial charge is 0.314 e. The number of hydrogen-bond acceptors (Lipinski definition) is 2. The van der Waals surface area contributed by atoms with Gasteiger partial charge in [-0.1, -0.05) is 36.4 Å². The molecule has 0 bridgehead atoms. The summed E-state index contributed by atoms with van der Waals surface area (Å²) in [6, 6.07) is 8.64. The van der Waals surface area contributed by atoms with Crippen molar-refractivity contribution < 1.29 is 0 Å². The Morgan fingerprint density at radius 1 is 1.25 bits per heavy atom. The van der Waals surface area contributed by atoms with Crippen LogP contribution in [0.15, 0.2) is 30.8 Å². The normalized spacial score (nSPS) is 17.3. The summed E-state index contributed by atoms with van der Waals surface area (Å²) in [6.07, 6.45) is 0. The molecule has 0 saturated carbocycles. The third-order valence-electron chi connectivity index (χ3n) is 3.08. The maximum atomic E-state index is 4.19. The number of hydrogen-bond donors (Lipinski definition) is 1. The number of benzene rings is 1. The third-order valence-corrected chi connectivity index (χ3v) is 3.08. The van der Waals surface area contributed by atoms with Crippen LogP contribution in [0.1, 0.15) is 11.1 Å². The lowest BCUT2D eigenvalue weighted by Crippen LogP contribution is -2.43. The van der Waals surface area contributed by atoms with E-state index < -0.39 is 0 Å². The Bertz CT molecular complexity index is 348. The minimum atomic E-state index is 0.991. The lowest BCUT2D eigenvalue weighted by atomic mass is 10.1. The molecule has 0 amide bonds. The molecule has 1 heterocycles. The van der Waals surface area contributed by atoms with Crippen LogP contribution in [0.25, 0.3) is 5.57 Å². The van der Waals surface area contributed by atoms with Crippen molar-refractivity contribution in [3.05, 3.63) is 42.0 Å². The zero-order chi connectivity index (χ0) is 11.4. The van der Waals surface area contributed by atoms with Crippen molar-refractivity contribution in [2.45, 2.75) is 6.92 Å². The van der Waals surface area contributed by atoms with Crippen LogP contribution >= 0.6 is 0 Å². The van der Waals surface area contributed by atoms with E-state index in [2.05, 4.69) is 48.0 Å². The summed E-state index contributed by atoms with van der Waals surface area (Å²) in [5.74, 6) is 0. The monoisotopic (exact) mass is 216 g/mol. The van der Waals surface area contributed by atoms with Crippen molar-refractivity contribution >= 4 is 5.57 Å². The van der Waals surface area contributed by atoms with Gasteiger partial charge in [-0.15, -0.1) is 0 Å². The standard InChI is InChI=1S/C14H20N2/c1-12-3-5-14(6-4-12)13(2)11-16-9-7-15-8-10-16/h3-6,15H,2,7-11H2,1H3. The zero-order valence-corrected chi connectivity index (χ0v) is 10.00. The molecule has 1 fully saturated rings. The fourth-order valence-electron chi connectivity index (χ4n) is 2.02. The first kappa shape index (κ1) is 11.4. The van der Waals surface area contributed by atoms with Crippen LogP contribution in [0, 0.1) is 6.92 Å². The van der Waals surface area contributed by atoms with Crippen molar-refractivity contribution in [3.8, 4) is 0 Å². The van der Waals surface area contributed by atoms with Gasteiger partial charge in [-0.25, -0.2) is 0 Å². The maximum Gasteiger partial charge on any atom is 0.0234 e. The molecular weight excluding hydrogens is 196 g/mol. The average molecular weight is 216 g/mol. The van der Waals surface area contributed by atoms with E-state index in [0.717, 1.165) is 32.7 Å². The van der Waals surface area contributed by atoms with E-state index in [9.17, 15) is 0 Å². The molecule has 2 rings (SSSR count). The Kier molecular flexibility index (Phi) is 3.75. The Morgan fingerprint density at radius 2 is 1.88 bits per heavy atom. The summed E-state index contributed by atoms with van der Waals surface area (Å²) in [7, 11) is 0. The first-order chi connectivity index (χ1) is 7.75. The molecule has 1 aliphatic heterocycles. The van der Waals surface area contributed by atoms with Gasteiger partial charge < -0.3 is 5.32 Å². The third kappa shape index (κ3) is 2.94. The lowest BCUT2D eigenvalue weighted by molar-refractivity contribution is 0.268. The molecule has 1 aromatic carbocycles. The van der Waals surface area contributed by atoms with Crippen LogP contribution < -0.4 is 5.32 Å². The summed E-state index contributed by atoms with van der Waals surface area (Å²) in [4.78, 5) is 2.46. The van der Waals surface area contributed by atoms with Crippen molar-refractivity contribution in [1.82, 2.24) is 10.2 Å². The molecule has 0 spiro atoms. The molecule has 0 aliphatic carbocycles.